The van der Waals surface area contributed by atoms with Crippen LogP contribution in [0.15, 0.2) is 48.2 Å². The molecule has 0 aliphatic heterocycles. The third-order valence-electron chi connectivity index (χ3n) is 1.81. The zero-order valence-corrected chi connectivity index (χ0v) is 9.47. The number of halogens is 1. The first kappa shape index (κ1) is 13.0. The molecule has 1 atom stereocenters. The predicted molar refractivity (Wildman–Crippen MR) is 64.4 cm³/mol. The lowest BCUT2D eigenvalue weighted by atomic mass is 10.2. The molecular formula is C13H14FNO2. The summed E-state index contributed by atoms with van der Waals surface area (Å²) >= 11 is 0. The third kappa shape index (κ3) is 5.51. The Hall–Kier alpha value is -2.10. The summed E-state index contributed by atoms with van der Waals surface area (Å²) in [6.07, 6.45) is 1.95. The van der Waals surface area contributed by atoms with E-state index in [0.717, 1.165) is 17.7 Å². The molecule has 1 aromatic rings. The Labute approximate surface area is 99.4 Å². The second-order valence-corrected chi connectivity index (χ2v) is 3.45. The number of allylic oxidation sites excluding steroid dienone is 1. The van der Waals surface area contributed by atoms with Crippen LogP contribution in [0.25, 0.3) is 6.08 Å². The van der Waals surface area contributed by atoms with Gasteiger partial charge in [-0.05, 0) is 18.6 Å². The molecule has 1 unspecified atom stereocenters. The number of carbonyl (C=O) groups excluding carboxylic acids is 1. The zero-order valence-electron chi connectivity index (χ0n) is 9.47. The SMILES string of the molecule is C/C(N)=C/C(=O)OC(F)/C=C/c1ccccc1. The molecule has 0 aliphatic carbocycles. The second-order valence-electron chi connectivity index (χ2n) is 3.45. The summed E-state index contributed by atoms with van der Waals surface area (Å²) in [6.45, 7) is 1.52. The van der Waals surface area contributed by atoms with E-state index < -0.39 is 12.3 Å². The number of hydrogen-bond donors (Lipinski definition) is 1. The Morgan fingerprint density at radius 1 is 1.41 bits per heavy atom. The van der Waals surface area contributed by atoms with Crippen LogP contribution in [0.2, 0.25) is 0 Å². The molecule has 3 nitrogen and oxygen atoms in total. The van der Waals surface area contributed by atoms with E-state index in [1.54, 1.807) is 0 Å². The van der Waals surface area contributed by atoms with Gasteiger partial charge < -0.3 is 10.5 Å². The molecular weight excluding hydrogens is 221 g/mol. The van der Waals surface area contributed by atoms with Crippen molar-refractivity contribution in [2.75, 3.05) is 0 Å². The van der Waals surface area contributed by atoms with Crippen molar-refractivity contribution in [3.63, 3.8) is 0 Å². The van der Waals surface area contributed by atoms with Crippen molar-refractivity contribution in [2.45, 2.75) is 13.3 Å². The molecule has 0 aliphatic rings. The smallest absolute Gasteiger partial charge is 0.335 e. The Bertz CT molecular complexity index is 422. The highest BCUT2D eigenvalue weighted by Gasteiger charge is 2.06. The molecule has 1 rings (SSSR count). The highest BCUT2D eigenvalue weighted by atomic mass is 19.1. The van der Waals surface area contributed by atoms with Crippen LogP contribution in [0.5, 0.6) is 0 Å². The van der Waals surface area contributed by atoms with Crippen molar-refractivity contribution < 1.29 is 13.9 Å². The lowest BCUT2D eigenvalue weighted by molar-refractivity contribution is -0.147. The standard InChI is InChI=1S/C13H14FNO2/c1-10(15)9-13(16)17-12(14)8-7-11-5-3-2-4-6-11/h2-9,12H,15H2,1H3/b8-7+,10-9-. The van der Waals surface area contributed by atoms with E-state index in [4.69, 9.17) is 5.73 Å². The van der Waals surface area contributed by atoms with E-state index in [-0.39, 0.29) is 5.70 Å². The molecule has 4 heteroatoms. The maximum Gasteiger partial charge on any atom is 0.335 e. The Morgan fingerprint density at radius 3 is 2.65 bits per heavy atom. The van der Waals surface area contributed by atoms with E-state index in [1.807, 2.05) is 30.3 Å². The maximum atomic E-state index is 13.2. The van der Waals surface area contributed by atoms with Crippen LogP contribution in [0, 0.1) is 0 Å². The fourth-order valence-electron chi connectivity index (χ4n) is 1.12. The quantitative estimate of drug-likeness (QED) is 0.644. The van der Waals surface area contributed by atoms with Gasteiger partial charge in [-0.3, -0.25) is 0 Å². The van der Waals surface area contributed by atoms with Gasteiger partial charge in [0.15, 0.2) is 0 Å². The topological polar surface area (TPSA) is 52.3 Å². The number of alkyl halides is 1. The van der Waals surface area contributed by atoms with Crippen molar-refractivity contribution >= 4 is 12.0 Å². The number of ether oxygens (including phenoxy) is 1. The number of carbonyl (C=O) groups is 1. The minimum absolute atomic E-state index is 0.272. The molecule has 0 spiro atoms. The summed E-state index contributed by atoms with van der Waals surface area (Å²) in [7, 11) is 0. The molecule has 0 saturated carbocycles. The number of rotatable bonds is 4. The fraction of sp³-hybridized carbons (Fsp3) is 0.154. The molecule has 2 N–H and O–H groups in total. The van der Waals surface area contributed by atoms with Crippen LogP contribution in [0.1, 0.15) is 12.5 Å². The van der Waals surface area contributed by atoms with Crippen molar-refractivity contribution in [3.8, 4) is 0 Å². The van der Waals surface area contributed by atoms with Crippen molar-refractivity contribution in [1.29, 1.82) is 0 Å². The van der Waals surface area contributed by atoms with Crippen LogP contribution in [0.3, 0.4) is 0 Å². The molecule has 0 bridgehead atoms. The highest BCUT2D eigenvalue weighted by molar-refractivity contribution is 5.82. The summed E-state index contributed by atoms with van der Waals surface area (Å²) in [5.74, 6) is -0.796. The van der Waals surface area contributed by atoms with Crippen molar-refractivity contribution in [1.82, 2.24) is 0 Å². The summed E-state index contributed by atoms with van der Waals surface area (Å²) in [4.78, 5) is 11.0. The molecule has 1 aromatic carbocycles. The third-order valence-corrected chi connectivity index (χ3v) is 1.81. The molecule has 0 saturated heterocycles. The molecule has 0 heterocycles. The van der Waals surface area contributed by atoms with Gasteiger partial charge in [0.25, 0.3) is 6.36 Å². The van der Waals surface area contributed by atoms with Gasteiger partial charge >= 0.3 is 5.97 Å². The number of esters is 1. The Balaban J connectivity index is 2.50. The van der Waals surface area contributed by atoms with E-state index in [2.05, 4.69) is 4.74 Å². The van der Waals surface area contributed by atoms with E-state index in [1.165, 1.54) is 13.0 Å². The van der Waals surface area contributed by atoms with Gasteiger partial charge in [0.2, 0.25) is 0 Å². The minimum Gasteiger partial charge on any atom is -0.424 e. The lowest BCUT2D eigenvalue weighted by Crippen LogP contribution is -2.10. The van der Waals surface area contributed by atoms with E-state index >= 15 is 0 Å². The van der Waals surface area contributed by atoms with Crippen LogP contribution in [0.4, 0.5) is 4.39 Å². The molecule has 0 radical (unpaired) electrons. The van der Waals surface area contributed by atoms with Crippen LogP contribution in [-0.4, -0.2) is 12.3 Å². The van der Waals surface area contributed by atoms with Gasteiger partial charge in [-0.15, -0.1) is 0 Å². The van der Waals surface area contributed by atoms with Gasteiger partial charge in [-0.2, -0.15) is 4.39 Å². The monoisotopic (exact) mass is 235 g/mol. The second kappa shape index (κ2) is 6.48. The van der Waals surface area contributed by atoms with Crippen molar-refractivity contribution in [2.24, 2.45) is 5.73 Å². The Morgan fingerprint density at radius 2 is 2.06 bits per heavy atom. The summed E-state index contributed by atoms with van der Waals surface area (Å²) in [5, 5.41) is 0. The Kier molecular flexibility index (Phi) is 4.94. The largest absolute Gasteiger partial charge is 0.424 e. The number of benzene rings is 1. The molecule has 17 heavy (non-hydrogen) atoms. The average molecular weight is 235 g/mol. The first-order chi connectivity index (χ1) is 8.08. The maximum absolute atomic E-state index is 13.2. The van der Waals surface area contributed by atoms with Gasteiger partial charge in [-0.25, -0.2) is 4.79 Å². The fourth-order valence-corrected chi connectivity index (χ4v) is 1.12. The van der Waals surface area contributed by atoms with Crippen LogP contribution < -0.4 is 5.73 Å². The lowest BCUT2D eigenvalue weighted by Gasteiger charge is -2.03. The highest BCUT2D eigenvalue weighted by Crippen LogP contribution is 2.05. The summed E-state index contributed by atoms with van der Waals surface area (Å²) in [6, 6.07) is 9.15. The first-order valence-electron chi connectivity index (χ1n) is 5.09. The van der Waals surface area contributed by atoms with Crippen LogP contribution in [-0.2, 0) is 9.53 Å². The van der Waals surface area contributed by atoms with Gasteiger partial charge in [0, 0.05) is 11.8 Å². The van der Waals surface area contributed by atoms with E-state index in [9.17, 15) is 9.18 Å². The van der Waals surface area contributed by atoms with Gasteiger partial charge in [0.05, 0.1) is 0 Å². The molecule has 90 valence electrons. The summed E-state index contributed by atoms with van der Waals surface area (Å²) < 4.78 is 17.6. The molecule has 0 aromatic heterocycles. The van der Waals surface area contributed by atoms with Gasteiger partial charge in [0.1, 0.15) is 0 Å². The summed E-state index contributed by atoms with van der Waals surface area (Å²) in [5.41, 5.74) is 6.36. The number of hydrogen-bond acceptors (Lipinski definition) is 3. The normalized spacial score (nSPS) is 13.6. The minimum atomic E-state index is -1.78. The van der Waals surface area contributed by atoms with Crippen molar-refractivity contribution in [3.05, 3.63) is 53.7 Å². The molecule has 0 fully saturated rings. The first-order valence-corrected chi connectivity index (χ1v) is 5.09. The number of nitrogens with two attached hydrogens (primary N) is 1. The average Bonchev–Trinajstić information content (AvgIpc) is 2.26. The van der Waals surface area contributed by atoms with Crippen LogP contribution >= 0.6 is 0 Å². The van der Waals surface area contributed by atoms with Gasteiger partial charge in [-0.1, -0.05) is 36.4 Å². The van der Waals surface area contributed by atoms with E-state index in [0.29, 0.717) is 0 Å². The molecule has 0 amide bonds. The predicted octanol–water partition coefficient (Wildman–Crippen LogP) is 2.40. The zero-order chi connectivity index (χ0) is 12.7.